The average Bonchev–Trinajstić information content (AvgIpc) is 3.30. The Morgan fingerprint density at radius 3 is 2.85 bits per heavy atom. The SMILES string of the molecule is CCOc1ccc(C2CCCN2C(=O)c2c[nH]c3c(cnn3C)c2=O)cc1. The van der Waals surface area contributed by atoms with Crippen LogP contribution in [0.15, 0.2) is 41.5 Å². The maximum Gasteiger partial charge on any atom is 0.259 e. The number of carbonyl (C=O) groups is 1. The van der Waals surface area contributed by atoms with Gasteiger partial charge in [-0.1, -0.05) is 12.1 Å². The highest BCUT2D eigenvalue weighted by atomic mass is 16.5. The predicted octanol–water partition coefficient (Wildman–Crippen LogP) is 2.64. The Morgan fingerprint density at radius 1 is 1.33 bits per heavy atom. The minimum absolute atomic E-state index is 0.0304. The fourth-order valence-corrected chi connectivity index (χ4v) is 3.75. The van der Waals surface area contributed by atoms with Crippen LogP contribution in [-0.4, -0.2) is 38.7 Å². The minimum atomic E-state index is -0.279. The molecular weight excluding hydrogens is 344 g/mol. The molecule has 1 aliphatic heterocycles. The van der Waals surface area contributed by atoms with Gasteiger partial charge in [0, 0.05) is 19.8 Å². The first-order chi connectivity index (χ1) is 13.1. The van der Waals surface area contributed by atoms with E-state index in [1.807, 2.05) is 31.2 Å². The van der Waals surface area contributed by atoms with Crippen LogP contribution in [0.2, 0.25) is 0 Å². The number of aryl methyl sites for hydroxylation is 1. The summed E-state index contributed by atoms with van der Waals surface area (Å²) in [7, 11) is 1.75. The van der Waals surface area contributed by atoms with Gasteiger partial charge in [0.1, 0.15) is 17.0 Å². The van der Waals surface area contributed by atoms with Crippen LogP contribution in [0.3, 0.4) is 0 Å². The van der Waals surface area contributed by atoms with Gasteiger partial charge in [0.15, 0.2) is 0 Å². The summed E-state index contributed by atoms with van der Waals surface area (Å²) in [6.45, 7) is 3.20. The molecule has 7 nitrogen and oxygen atoms in total. The number of rotatable bonds is 4. The number of likely N-dealkylation sites (tertiary alicyclic amines) is 1. The van der Waals surface area contributed by atoms with Crippen molar-refractivity contribution in [3.63, 3.8) is 0 Å². The number of carbonyl (C=O) groups excluding carboxylic acids is 1. The zero-order valence-electron chi connectivity index (χ0n) is 15.4. The van der Waals surface area contributed by atoms with E-state index >= 15 is 0 Å². The van der Waals surface area contributed by atoms with Gasteiger partial charge >= 0.3 is 0 Å². The summed E-state index contributed by atoms with van der Waals surface area (Å²) in [6, 6.07) is 7.81. The van der Waals surface area contributed by atoms with E-state index in [2.05, 4.69) is 10.1 Å². The number of aromatic nitrogens is 3. The van der Waals surface area contributed by atoms with Gasteiger partial charge in [-0.05, 0) is 37.5 Å². The summed E-state index contributed by atoms with van der Waals surface area (Å²) in [5.41, 5.74) is 1.55. The summed E-state index contributed by atoms with van der Waals surface area (Å²) in [6.07, 6.45) is 4.80. The fraction of sp³-hybridized carbons (Fsp3) is 0.350. The summed E-state index contributed by atoms with van der Waals surface area (Å²) in [5, 5.41) is 4.52. The first-order valence-corrected chi connectivity index (χ1v) is 9.17. The van der Waals surface area contributed by atoms with E-state index in [0.717, 1.165) is 24.2 Å². The molecule has 1 amide bonds. The number of hydrogen-bond acceptors (Lipinski definition) is 4. The molecule has 1 N–H and O–H groups in total. The van der Waals surface area contributed by atoms with Crippen LogP contribution in [0.4, 0.5) is 0 Å². The summed E-state index contributed by atoms with van der Waals surface area (Å²) in [5.74, 6) is 0.578. The number of aromatic amines is 1. The topological polar surface area (TPSA) is 80.2 Å². The maximum atomic E-state index is 13.1. The van der Waals surface area contributed by atoms with Gasteiger partial charge in [0.05, 0.1) is 24.2 Å². The molecule has 2 aromatic heterocycles. The second kappa shape index (κ2) is 6.90. The van der Waals surface area contributed by atoms with Gasteiger partial charge in [-0.25, -0.2) is 0 Å². The van der Waals surface area contributed by atoms with Gasteiger partial charge in [-0.2, -0.15) is 5.10 Å². The van der Waals surface area contributed by atoms with Crippen molar-refractivity contribution in [3.8, 4) is 5.75 Å². The Kier molecular flexibility index (Phi) is 4.43. The highest BCUT2D eigenvalue weighted by Gasteiger charge is 2.32. The Bertz CT molecular complexity index is 1040. The third-order valence-corrected chi connectivity index (χ3v) is 5.10. The lowest BCUT2D eigenvalue weighted by molar-refractivity contribution is 0.0734. The van der Waals surface area contributed by atoms with E-state index in [9.17, 15) is 9.59 Å². The maximum absolute atomic E-state index is 13.1. The number of nitrogens with one attached hydrogen (secondary N) is 1. The molecule has 0 aliphatic carbocycles. The first kappa shape index (κ1) is 17.3. The van der Waals surface area contributed by atoms with Crippen molar-refractivity contribution >= 4 is 16.9 Å². The van der Waals surface area contributed by atoms with Crippen molar-refractivity contribution in [2.75, 3.05) is 13.2 Å². The van der Waals surface area contributed by atoms with E-state index in [1.54, 1.807) is 16.6 Å². The Balaban J connectivity index is 1.64. The minimum Gasteiger partial charge on any atom is -0.494 e. The molecule has 7 heteroatoms. The molecule has 1 atom stereocenters. The highest BCUT2D eigenvalue weighted by molar-refractivity contribution is 5.97. The van der Waals surface area contributed by atoms with E-state index in [4.69, 9.17) is 4.74 Å². The smallest absolute Gasteiger partial charge is 0.259 e. The van der Waals surface area contributed by atoms with Crippen LogP contribution < -0.4 is 10.2 Å². The van der Waals surface area contributed by atoms with Gasteiger partial charge in [-0.3, -0.25) is 14.3 Å². The summed E-state index contributed by atoms with van der Waals surface area (Å²) in [4.78, 5) is 30.7. The molecule has 0 spiro atoms. The second-order valence-electron chi connectivity index (χ2n) is 6.72. The first-order valence-electron chi connectivity index (χ1n) is 9.17. The standard InChI is InChI=1S/C20H22N4O3/c1-3-27-14-8-6-13(7-9-14)17-5-4-10-24(17)20(26)16-11-21-19-15(18(16)25)12-22-23(19)2/h6-9,11-12,17H,3-5,10H2,1-2H3,(H,21,25). The Labute approximate surface area is 156 Å². The van der Waals surface area contributed by atoms with Gasteiger partial charge in [-0.15, -0.1) is 0 Å². The van der Waals surface area contributed by atoms with E-state index in [1.165, 1.54) is 12.4 Å². The molecule has 140 valence electrons. The molecule has 0 radical (unpaired) electrons. The van der Waals surface area contributed by atoms with Crippen molar-refractivity contribution in [1.29, 1.82) is 0 Å². The molecule has 1 fully saturated rings. The van der Waals surface area contributed by atoms with Crippen molar-refractivity contribution in [2.45, 2.75) is 25.8 Å². The van der Waals surface area contributed by atoms with Crippen LogP contribution in [0.5, 0.6) is 5.75 Å². The molecule has 0 bridgehead atoms. The molecule has 1 unspecified atom stereocenters. The van der Waals surface area contributed by atoms with Crippen LogP contribution in [0.25, 0.3) is 11.0 Å². The van der Waals surface area contributed by atoms with Crippen molar-refractivity contribution in [1.82, 2.24) is 19.7 Å². The highest BCUT2D eigenvalue weighted by Crippen LogP contribution is 2.33. The normalized spacial score (nSPS) is 16.8. The van der Waals surface area contributed by atoms with Gasteiger partial charge in [0.2, 0.25) is 5.43 Å². The number of benzene rings is 1. The lowest BCUT2D eigenvalue weighted by Gasteiger charge is -2.25. The monoisotopic (exact) mass is 366 g/mol. The lowest BCUT2D eigenvalue weighted by Crippen LogP contribution is -2.34. The summed E-state index contributed by atoms with van der Waals surface area (Å²) >= 11 is 0. The zero-order chi connectivity index (χ0) is 19.0. The van der Waals surface area contributed by atoms with Crippen LogP contribution in [0, 0.1) is 0 Å². The average molecular weight is 366 g/mol. The number of ether oxygens (including phenoxy) is 1. The molecular formula is C20H22N4O3. The van der Waals surface area contributed by atoms with E-state index in [-0.39, 0.29) is 22.9 Å². The number of H-pyrrole nitrogens is 1. The quantitative estimate of drug-likeness (QED) is 0.770. The van der Waals surface area contributed by atoms with Gasteiger partial charge in [0.25, 0.3) is 5.91 Å². The fourth-order valence-electron chi connectivity index (χ4n) is 3.75. The number of nitrogens with zero attached hydrogens (tertiary/aromatic N) is 3. The molecule has 3 heterocycles. The van der Waals surface area contributed by atoms with E-state index < -0.39 is 0 Å². The van der Waals surface area contributed by atoms with Crippen molar-refractivity contribution in [2.24, 2.45) is 7.05 Å². The van der Waals surface area contributed by atoms with Gasteiger partial charge < -0.3 is 14.6 Å². The zero-order valence-corrected chi connectivity index (χ0v) is 15.4. The predicted molar refractivity (Wildman–Crippen MR) is 102 cm³/mol. The van der Waals surface area contributed by atoms with E-state index in [0.29, 0.717) is 24.2 Å². The number of hydrogen-bond donors (Lipinski definition) is 1. The van der Waals surface area contributed by atoms with Crippen LogP contribution in [0.1, 0.15) is 41.7 Å². The molecule has 1 aromatic carbocycles. The molecule has 4 rings (SSSR count). The molecule has 27 heavy (non-hydrogen) atoms. The Morgan fingerprint density at radius 2 is 2.11 bits per heavy atom. The molecule has 0 saturated carbocycles. The number of amides is 1. The molecule has 1 saturated heterocycles. The Hall–Kier alpha value is -3.09. The lowest BCUT2D eigenvalue weighted by atomic mass is 10.0. The number of pyridine rings is 1. The van der Waals surface area contributed by atoms with Crippen molar-refractivity contribution in [3.05, 3.63) is 58.0 Å². The third kappa shape index (κ3) is 2.99. The number of fused-ring (bicyclic) bond motifs is 1. The van der Waals surface area contributed by atoms with Crippen LogP contribution in [-0.2, 0) is 7.05 Å². The molecule has 3 aromatic rings. The van der Waals surface area contributed by atoms with Crippen LogP contribution >= 0.6 is 0 Å². The van der Waals surface area contributed by atoms with Crippen molar-refractivity contribution < 1.29 is 9.53 Å². The second-order valence-corrected chi connectivity index (χ2v) is 6.72. The third-order valence-electron chi connectivity index (χ3n) is 5.10. The molecule has 1 aliphatic rings. The largest absolute Gasteiger partial charge is 0.494 e. The summed E-state index contributed by atoms with van der Waals surface area (Å²) < 4.78 is 7.08.